The number of carbonyl (C=O) groups is 1. The summed E-state index contributed by atoms with van der Waals surface area (Å²) in [6, 6.07) is -0.460. The Bertz CT molecular complexity index is 381. The molecule has 0 aromatic carbocycles. The molecule has 0 heterocycles. The van der Waals surface area contributed by atoms with E-state index in [1.165, 1.54) is 13.3 Å². The van der Waals surface area contributed by atoms with Crippen molar-refractivity contribution in [2.45, 2.75) is 19.4 Å². The van der Waals surface area contributed by atoms with E-state index in [1.807, 2.05) is 0 Å². The Hall–Kier alpha value is -0.510. The van der Waals surface area contributed by atoms with Crippen LogP contribution in [0.3, 0.4) is 0 Å². The van der Waals surface area contributed by atoms with E-state index in [4.69, 9.17) is 5.11 Å². The lowest BCUT2D eigenvalue weighted by molar-refractivity contribution is -0.137. The van der Waals surface area contributed by atoms with Gasteiger partial charge in [0.2, 0.25) is 0 Å². The molecule has 0 spiro atoms. The third kappa shape index (κ3) is 7.42. The molecule has 102 valence electrons. The number of hydrogen-bond acceptors (Lipinski definition) is 4. The minimum absolute atomic E-state index is 0.105. The zero-order valence-electron chi connectivity index (χ0n) is 10.0. The summed E-state index contributed by atoms with van der Waals surface area (Å²) >= 11 is 0. The largest absolute Gasteiger partial charge is 0.481 e. The molecule has 0 aliphatic carbocycles. The van der Waals surface area contributed by atoms with Crippen LogP contribution in [0.15, 0.2) is 0 Å². The van der Waals surface area contributed by atoms with E-state index in [0.29, 0.717) is 0 Å². The molecule has 0 saturated carbocycles. The second-order valence-electron chi connectivity index (χ2n) is 3.73. The molecular weight excluding hydrogens is 268 g/mol. The van der Waals surface area contributed by atoms with E-state index in [2.05, 4.69) is 4.72 Å². The first-order valence-corrected chi connectivity index (χ1v) is 8.07. The van der Waals surface area contributed by atoms with Gasteiger partial charge in [-0.25, -0.2) is 0 Å². The molecule has 0 saturated heterocycles. The normalized spacial score (nSPS) is 15.8. The van der Waals surface area contributed by atoms with Crippen LogP contribution >= 0.6 is 0 Å². The van der Waals surface area contributed by atoms with Gasteiger partial charge in [-0.15, -0.1) is 0 Å². The molecule has 17 heavy (non-hydrogen) atoms. The Morgan fingerprint density at radius 2 is 2.06 bits per heavy atom. The number of carboxylic acid groups (broad SMARTS) is 1. The molecule has 2 unspecified atom stereocenters. The summed E-state index contributed by atoms with van der Waals surface area (Å²) in [4.78, 5) is 10.3. The molecule has 0 aliphatic heterocycles. The summed E-state index contributed by atoms with van der Waals surface area (Å²) in [5.41, 5.74) is 0. The Kier molecular flexibility index (Phi) is 6.83. The summed E-state index contributed by atoms with van der Waals surface area (Å²) < 4.78 is 37.5. The maximum atomic E-state index is 11.7. The third-order valence-electron chi connectivity index (χ3n) is 1.89. The van der Waals surface area contributed by atoms with Crippen molar-refractivity contribution in [2.75, 3.05) is 25.6 Å². The molecular formula is C8H18N2O5S2. The van der Waals surface area contributed by atoms with Gasteiger partial charge in [-0.1, -0.05) is 0 Å². The smallest absolute Gasteiger partial charge is 0.304 e. The summed E-state index contributed by atoms with van der Waals surface area (Å²) in [6.07, 6.45) is 1.23. The maximum absolute atomic E-state index is 11.7. The second kappa shape index (κ2) is 7.04. The summed E-state index contributed by atoms with van der Waals surface area (Å²) in [5, 5.41) is 8.45. The van der Waals surface area contributed by atoms with E-state index < -0.39 is 33.0 Å². The predicted molar refractivity (Wildman–Crippen MR) is 65.3 cm³/mol. The number of carboxylic acids is 1. The van der Waals surface area contributed by atoms with Crippen LogP contribution in [0.2, 0.25) is 0 Å². The fraction of sp³-hybridized carbons (Fsp3) is 0.875. The zero-order chi connectivity index (χ0) is 13.6. The summed E-state index contributed by atoms with van der Waals surface area (Å²) in [7, 11) is -3.52. The van der Waals surface area contributed by atoms with Gasteiger partial charge >= 0.3 is 5.97 Å². The van der Waals surface area contributed by atoms with Crippen LogP contribution < -0.4 is 4.72 Å². The van der Waals surface area contributed by atoms with Crippen LogP contribution in [-0.4, -0.2) is 59.7 Å². The Morgan fingerprint density at radius 3 is 2.47 bits per heavy atom. The van der Waals surface area contributed by atoms with Crippen molar-refractivity contribution in [1.82, 2.24) is 9.03 Å². The van der Waals surface area contributed by atoms with Crippen LogP contribution in [0.25, 0.3) is 0 Å². The predicted octanol–water partition coefficient (Wildman–Crippen LogP) is -1.01. The van der Waals surface area contributed by atoms with Crippen molar-refractivity contribution in [3.63, 3.8) is 0 Å². The molecule has 0 bridgehead atoms. The minimum Gasteiger partial charge on any atom is -0.481 e. The highest BCUT2D eigenvalue weighted by atomic mass is 32.2. The van der Waals surface area contributed by atoms with Crippen LogP contribution in [0.1, 0.15) is 13.3 Å². The van der Waals surface area contributed by atoms with Gasteiger partial charge in [0.25, 0.3) is 10.2 Å². The van der Waals surface area contributed by atoms with Gasteiger partial charge in [-0.2, -0.15) is 17.4 Å². The van der Waals surface area contributed by atoms with Crippen molar-refractivity contribution < 1.29 is 22.5 Å². The van der Waals surface area contributed by atoms with Crippen LogP contribution in [-0.2, 0) is 25.8 Å². The SMILES string of the molecule is CC(CS(C)=O)NS(=O)(=O)N(C)CCC(=O)O. The van der Waals surface area contributed by atoms with Crippen molar-refractivity contribution in [3.8, 4) is 0 Å². The molecule has 0 aromatic rings. The highest BCUT2D eigenvalue weighted by molar-refractivity contribution is 7.87. The molecule has 0 rings (SSSR count). The summed E-state index contributed by atoms with van der Waals surface area (Å²) in [6.45, 7) is 1.50. The van der Waals surface area contributed by atoms with Gasteiger partial charge in [-0.3, -0.25) is 9.00 Å². The van der Waals surface area contributed by atoms with Crippen molar-refractivity contribution >= 4 is 27.0 Å². The van der Waals surface area contributed by atoms with Gasteiger partial charge < -0.3 is 5.11 Å². The van der Waals surface area contributed by atoms with Gasteiger partial charge in [-0.05, 0) is 6.92 Å². The number of hydrogen-bond donors (Lipinski definition) is 2. The highest BCUT2D eigenvalue weighted by Crippen LogP contribution is 1.98. The number of rotatable bonds is 8. The third-order valence-corrected chi connectivity index (χ3v) is 4.56. The van der Waals surface area contributed by atoms with Crippen molar-refractivity contribution in [1.29, 1.82) is 0 Å². The first-order valence-electron chi connectivity index (χ1n) is 4.90. The second-order valence-corrected chi connectivity index (χ2v) is 7.02. The fourth-order valence-corrected chi connectivity index (χ4v) is 3.10. The molecule has 9 heteroatoms. The Morgan fingerprint density at radius 1 is 1.53 bits per heavy atom. The lowest BCUT2D eigenvalue weighted by Crippen LogP contribution is -2.44. The van der Waals surface area contributed by atoms with Crippen molar-refractivity contribution in [3.05, 3.63) is 0 Å². The van der Waals surface area contributed by atoms with E-state index in [9.17, 15) is 17.4 Å². The minimum atomic E-state index is -3.72. The van der Waals surface area contributed by atoms with Crippen LogP contribution in [0.4, 0.5) is 0 Å². The average molecular weight is 286 g/mol. The van der Waals surface area contributed by atoms with Gasteiger partial charge in [0.05, 0.1) is 6.42 Å². The van der Waals surface area contributed by atoms with Crippen LogP contribution in [0.5, 0.6) is 0 Å². The lowest BCUT2D eigenvalue weighted by Gasteiger charge is -2.19. The summed E-state index contributed by atoms with van der Waals surface area (Å²) in [5.74, 6) is -0.846. The molecule has 2 atom stereocenters. The number of nitrogens with zero attached hydrogens (tertiary/aromatic N) is 1. The van der Waals surface area contributed by atoms with E-state index in [1.54, 1.807) is 6.92 Å². The average Bonchev–Trinajstić information content (AvgIpc) is 2.11. The van der Waals surface area contributed by atoms with E-state index >= 15 is 0 Å². The maximum Gasteiger partial charge on any atom is 0.304 e. The first-order chi connectivity index (χ1) is 7.65. The molecule has 0 fully saturated rings. The molecule has 2 N–H and O–H groups in total. The lowest BCUT2D eigenvalue weighted by atomic mass is 10.4. The molecule has 0 amide bonds. The first kappa shape index (κ1) is 16.5. The highest BCUT2D eigenvalue weighted by Gasteiger charge is 2.21. The molecule has 7 nitrogen and oxygen atoms in total. The topological polar surface area (TPSA) is 104 Å². The van der Waals surface area contributed by atoms with Crippen LogP contribution in [0, 0.1) is 0 Å². The van der Waals surface area contributed by atoms with Crippen molar-refractivity contribution in [2.24, 2.45) is 0 Å². The Balaban J connectivity index is 4.36. The monoisotopic (exact) mass is 286 g/mol. The van der Waals surface area contributed by atoms with Gasteiger partial charge in [0.1, 0.15) is 0 Å². The molecule has 0 radical (unpaired) electrons. The quantitative estimate of drug-likeness (QED) is 0.595. The Labute approximate surface area is 104 Å². The van der Waals surface area contributed by atoms with E-state index in [-0.39, 0.29) is 18.7 Å². The standard InChI is InChI=1S/C8H18N2O5S2/c1-7(6-16(3)13)9-17(14,15)10(2)5-4-8(11)12/h7,9H,4-6H2,1-3H3,(H,11,12). The zero-order valence-corrected chi connectivity index (χ0v) is 11.7. The molecule has 0 aliphatic rings. The van der Waals surface area contributed by atoms with Gasteiger partial charge in [0.15, 0.2) is 0 Å². The fourth-order valence-electron chi connectivity index (χ4n) is 1.10. The van der Waals surface area contributed by atoms with E-state index in [0.717, 1.165) is 4.31 Å². The van der Waals surface area contributed by atoms with Gasteiger partial charge in [0, 0.05) is 42.4 Å². The number of nitrogens with one attached hydrogen (secondary N) is 1. The molecule has 0 aromatic heterocycles. The number of aliphatic carboxylic acids is 1.